The van der Waals surface area contributed by atoms with Crippen LogP contribution in [0.15, 0.2) is 84.0 Å². The summed E-state index contributed by atoms with van der Waals surface area (Å²) in [5.41, 5.74) is 7.90. The zero-order valence-electron chi connectivity index (χ0n) is 16.4. The van der Waals surface area contributed by atoms with Crippen LogP contribution in [0.25, 0.3) is 5.70 Å². The number of hydrogen-bond acceptors (Lipinski definition) is 9. The predicted octanol–water partition coefficient (Wildman–Crippen LogP) is 2.55. The molecule has 0 amide bonds. The predicted molar refractivity (Wildman–Crippen MR) is 117 cm³/mol. The number of carbonyl (C=O) groups excluding carboxylic acids is 1. The molecule has 11 heteroatoms. The van der Waals surface area contributed by atoms with Gasteiger partial charge in [0.2, 0.25) is 9.84 Å². The molecule has 0 saturated heterocycles. The van der Waals surface area contributed by atoms with Crippen LogP contribution >= 0.6 is 0 Å². The van der Waals surface area contributed by atoms with Crippen molar-refractivity contribution in [2.45, 2.75) is 10.9 Å². The van der Waals surface area contributed by atoms with Crippen LogP contribution in [-0.2, 0) is 14.6 Å². The minimum atomic E-state index is -4.37. The van der Waals surface area contributed by atoms with Crippen molar-refractivity contribution in [2.75, 3.05) is 5.32 Å². The van der Waals surface area contributed by atoms with Crippen LogP contribution in [0.4, 0.5) is 17.1 Å². The normalized spacial score (nSPS) is 15.5. The van der Waals surface area contributed by atoms with Gasteiger partial charge in [-0.2, -0.15) is 0 Å². The molecule has 1 unspecified atom stereocenters. The summed E-state index contributed by atoms with van der Waals surface area (Å²) >= 11 is 0. The highest BCUT2D eigenvalue weighted by Gasteiger charge is 2.34. The van der Waals surface area contributed by atoms with E-state index in [1.54, 1.807) is 18.5 Å². The highest BCUT2D eigenvalue weighted by Crippen LogP contribution is 2.27. The number of aromatic nitrogens is 1. The minimum absolute atomic E-state index is 0.269. The number of hydrazine groups is 1. The highest BCUT2D eigenvalue weighted by molar-refractivity contribution is 8.06. The maximum atomic E-state index is 12.7. The second kappa shape index (κ2) is 8.57. The van der Waals surface area contributed by atoms with Crippen LogP contribution in [0.5, 0.6) is 0 Å². The van der Waals surface area contributed by atoms with E-state index < -0.39 is 25.9 Å². The van der Waals surface area contributed by atoms with Crippen LogP contribution < -0.4 is 16.2 Å². The van der Waals surface area contributed by atoms with E-state index in [2.05, 4.69) is 21.2 Å². The van der Waals surface area contributed by atoms with Crippen molar-refractivity contribution in [3.8, 4) is 0 Å². The fraction of sp³-hybridized carbons (Fsp3) is 0.0476. The van der Waals surface area contributed by atoms with Crippen molar-refractivity contribution in [1.82, 2.24) is 15.8 Å². The van der Waals surface area contributed by atoms with Gasteiger partial charge in [-0.1, -0.05) is 18.2 Å². The Morgan fingerprint density at radius 3 is 2.47 bits per heavy atom. The number of nitro benzene ring substituents is 1. The smallest absolute Gasteiger partial charge is 0.273 e. The molecule has 4 rings (SSSR count). The molecule has 1 aliphatic heterocycles. The Labute approximate surface area is 183 Å². The molecular weight excluding hydrogens is 434 g/mol. The zero-order chi connectivity index (χ0) is 22.7. The summed E-state index contributed by atoms with van der Waals surface area (Å²) in [6, 6.07) is 14.2. The third-order valence-electron chi connectivity index (χ3n) is 4.74. The molecule has 162 valence electrons. The van der Waals surface area contributed by atoms with Crippen molar-refractivity contribution >= 4 is 37.7 Å². The Morgan fingerprint density at radius 1 is 1.06 bits per heavy atom. The third kappa shape index (κ3) is 4.19. The van der Waals surface area contributed by atoms with Gasteiger partial charge in [-0.15, -0.1) is 0 Å². The molecule has 32 heavy (non-hydrogen) atoms. The third-order valence-corrected chi connectivity index (χ3v) is 6.41. The van der Waals surface area contributed by atoms with E-state index in [4.69, 9.17) is 0 Å². The first-order chi connectivity index (χ1) is 15.4. The van der Waals surface area contributed by atoms with Crippen LogP contribution in [0.1, 0.15) is 5.56 Å². The summed E-state index contributed by atoms with van der Waals surface area (Å²) in [6.45, 7) is 0. The Bertz CT molecular complexity index is 1310. The van der Waals surface area contributed by atoms with E-state index in [-0.39, 0.29) is 10.6 Å². The van der Waals surface area contributed by atoms with Crippen molar-refractivity contribution in [3.63, 3.8) is 0 Å². The number of nitro groups is 1. The Morgan fingerprint density at radius 2 is 1.78 bits per heavy atom. The van der Waals surface area contributed by atoms with E-state index in [0.717, 1.165) is 30.0 Å². The maximum absolute atomic E-state index is 12.7. The summed E-state index contributed by atoms with van der Waals surface area (Å²) in [6.07, 6.45) is 4.65. The van der Waals surface area contributed by atoms with Gasteiger partial charge in [0, 0.05) is 35.8 Å². The largest absolute Gasteiger partial charge is 0.355 e. The molecule has 0 saturated carbocycles. The lowest BCUT2D eigenvalue weighted by molar-refractivity contribution is -0.384. The number of pyridine rings is 1. The van der Waals surface area contributed by atoms with Crippen molar-refractivity contribution in [1.29, 1.82) is 0 Å². The van der Waals surface area contributed by atoms with Gasteiger partial charge < -0.3 is 10.7 Å². The summed E-state index contributed by atoms with van der Waals surface area (Å²) < 4.78 is 25.4. The van der Waals surface area contributed by atoms with Crippen LogP contribution in [0, 0.1) is 10.1 Å². The number of hydrogen-bond donors (Lipinski definition) is 3. The molecule has 0 spiro atoms. The van der Waals surface area contributed by atoms with Gasteiger partial charge in [-0.05, 0) is 36.4 Å². The van der Waals surface area contributed by atoms with E-state index in [0.29, 0.717) is 16.9 Å². The lowest BCUT2D eigenvalue weighted by Crippen LogP contribution is -2.40. The minimum Gasteiger partial charge on any atom is -0.355 e. The van der Waals surface area contributed by atoms with Crippen LogP contribution in [-0.4, -0.2) is 29.5 Å². The first-order valence-electron chi connectivity index (χ1n) is 9.39. The van der Waals surface area contributed by atoms with Crippen molar-refractivity contribution in [2.24, 2.45) is 0 Å². The fourth-order valence-electron chi connectivity index (χ4n) is 3.11. The number of non-ortho nitro benzene ring substituents is 1. The summed E-state index contributed by atoms with van der Waals surface area (Å²) in [5.74, 6) is 0. The average molecular weight is 451 g/mol. The number of sulfone groups is 1. The van der Waals surface area contributed by atoms with Gasteiger partial charge in [0.25, 0.3) is 10.8 Å². The molecule has 10 nitrogen and oxygen atoms in total. The summed E-state index contributed by atoms with van der Waals surface area (Å²) in [5, 5.41) is 12.9. The molecule has 1 aliphatic rings. The molecule has 0 aliphatic carbocycles. The highest BCUT2D eigenvalue weighted by atomic mass is 32.2. The van der Waals surface area contributed by atoms with Gasteiger partial charge in [0.15, 0.2) is 0 Å². The van der Waals surface area contributed by atoms with Gasteiger partial charge in [-0.25, -0.2) is 13.8 Å². The summed E-state index contributed by atoms with van der Waals surface area (Å²) in [7, 11) is -4.37. The standard InChI is InChI=1S/C21H17N5O5S/c27-21(32(30,31)16-8-6-15(7-9-16)26(28)29)20-12-19(24-25-20)17-13-22-11-10-18(17)23-14-4-2-1-3-5-14/h1-13,20,24-25H,(H,22,23). The van der Waals surface area contributed by atoms with Crippen LogP contribution in [0.2, 0.25) is 0 Å². The molecular formula is C21H17N5O5S. The molecule has 1 aromatic heterocycles. The molecule has 0 bridgehead atoms. The summed E-state index contributed by atoms with van der Waals surface area (Å²) in [4.78, 5) is 26.7. The van der Waals surface area contributed by atoms with Crippen molar-refractivity contribution in [3.05, 3.63) is 94.8 Å². The average Bonchev–Trinajstić information content (AvgIpc) is 3.29. The molecule has 0 fully saturated rings. The fourth-order valence-corrected chi connectivity index (χ4v) is 4.30. The molecule has 1 atom stereocenters. The number of nitrogens with zero attached hydrogens (tertiary/aromatic N) is 2. The lowest BCUT2D eigenvalue weighted by atomic mass is 10.1. The number of anilines is 2. The number of para-hydroxylation sites is 1. The monoisotopic (exact) mass is 451 g/mol. The van der Waals surface area contributed by atoms with Gasteiger partial charge >= 0.3 is 0 Å². The molecule has 3 N–H and O–H groups in total. The Kier molecular flexibility index (Phi) is 5.67. The number of benzene rings is 2. The molecule has 3 aromatic rings. The van der Waals surface area contributed by atoms with Gasteiger partial charge in [0.05, 0.1) is 21.2 Å². The lowest BCUT2D eigenvalue weighted by Gasteiger charge is -2.12. The number of nitrogens with one attached hydrogen (secondary N) is 3. The molecule has 0 radical (unpaired) electrons. The second-order valence-corrected chi connectivity index (χ2v) is 8.69. The molecule has 2 aromatic carbocycles. The zero-order valence-corrected chi connectivity index (χ0v) is 17.2. The number of rotatable bonds is 6. The molecule has 2 heterocycles. The Hall–Kier alpha value is -4.09. The Balaban J connectivity index is 1.58. The van der Waals surface area contributed by atoms with E-state index in [1.807, 2.05) is 30.3 Å². The van der Waals surface area contributed by atoms with Gasteiger partial charge in [0.1, 0.15) is 6.04 Å². The number of carbonyl (C=O) groups is 1. The maximum Gasteiger partial charge on any atom is 0.273 e. The SMILES string of the molecule is O=C(C1C=C(c2cnccc2Nc2ccccc2)NN1)S(=O)(=O)c1ccc([N+](=O)[O-])cc1. The van der Waals surface area contributed by atoms with Gasteiger partial charge in [-0.3, -0.25) is 19.9 Å². The van der Waals surface area contributed by atoms with E-state index >= 15 is 0 Å². The first-order valence-corrected chi connectivity index (χ1v) is 10.9. The van der Waals surface area contributed by atoms with E-state index in [1.165, 1.54) is 6.08 Å². The second-order valence-electron chi connectivity index (χ2n) is 6.81. The van der Waals surface area contributed by atoms with Crippen LogP contribution in [0.3, 0.4) is 0 Å². The quantitative estimate of drug-likeness (QED) is 0.380. The topological polar surface area (TPSA) is 143 Å². The van der Waals surface area contributed by atoms with Crippen molar-refractivity contribution < 1.29 is 18.1 Å². The first kappa shape index (κ1) is 21.2. The van der Waals surface area contributed by atoms with E-state index in [9.17, 15) is 23.3 Å².